The first-order valence-corrected chi connectivity index (χ1v) is 10.2. The van der Waals surface area contributed by atoms with Crippen LogP contribution in [0, 0.1) is 6.92 Å². The second-order valence-corrected chi connectivity index (χ2v) is 9.35. The van der Waals surface area contributed by atoms with Gasteiger partial charge in [-0.3, -0.25) is 4.72 Å². The van der Waals surface area contributed by atoms with Crippen molar-refractivity contribution in [2.45, 2.75) is 16.7 Å². The van der Waals surface area contributed by atoms with Crippen LogP contribution in [0.5, 0.6) is 5.75 Å². The molecule has 136 valence electrons. The number of methoxy groups -OCH3 is 1. The number of ether oxygens (including phenoxy) is 1. The molecule has 0 heterocycles. The Kier molecular flexibility index (Phi) is 5.40. The molecule has 0 amide bonds. The van der Waals surface area contributed by atoms with Gasteiger partial charge in [0.25, 0.3) is 10.0 Å². The van der Waals surface area contributed by atoms with Crippen LogP contribution < -0.4 is 9.46 Å². The van der Waals surface area contributed by atoms with Crippen molar-refractivity contribution in [1.29, 1.82) is 0 Å². The third kappa shape index (κ3) is 4.12. The number of hydrogen-bond donors (Lipinski definition) is 1. The van der Waals surface area contributed by atoms with Gasteiger partial charge in [-0.25, -0.2) is 21.1 Å². The van der Waals surface area contributed by atoms with Crippen molar-refractivity contribution >= 4 is 25.7 Å². The van der Waals surface area contributed by atoms with Gasteiger partial charge in [0, 0.05) is 14.1 Å². The minimum atomic E-state index is -3.85. The first kappa shape index (κ1) is 19.2. The van der Waals surface area contributed by atoms with E-state index in [2.05, 4.69) is 4.72 Å². The molecule has 2 aromatic carbocycles. The number of hydrogen-bond acceptors (Lipinski definition) is 5. The lowest BCUT2D eigenvalue weighted by molar-refractivity contribution is 0.414. The van der Waals surface area contributed by atoms with Gasteiger partial charge in [-0.1, -0.05) is 6.07 Å². The van der Waals surface area contributed by atoms with Gasteiger partial charge in [-0.15, -0.1) is 0 Å². The fourth-order valence-corrected chi connectivity index (χ4v) is 4.30. The molecular weight excluding hydrogens is 364 g/mol. The van der Waals surface area contributed by atoms with Crippen LogP contribution in [0.25, 0.3) is 0 Å². The normalized spacial score (nSPS) is 12.2. The highest BCUT2D eigenvalue weighted by molar-refractivity contribution is 7.92. The summed E-state index contributed by atoms with van der Waals surface area (Å²) in [6.07, 6.45) is 0. The number of anilines is 1. The molecule has 0 atom stereocenters. The monoisotopic (exact) mass is 384 g/mol. The van der Waals surface area contributed by atoms with Crippen LogP contribution in [0.2, 0.25) is 0 Å². The maximum Gasteiger partial charge on any atom is 0.261 e. The zero-order valence-electron chi connectivity index (χ0n) is 14.3. The molecule has 0 fully saturated rings. The van der Waals surface area contributed by atoms with E-state index in [9.17, 15) is 16.8 Å². The van der Waals surface area contributed by atoms with E-state index in [1.165, 1.54) is 57.6 Å². The highest BCUT2D eigenvalue weighted by Gasteiger charge is 2.21. The summed E-state index contributed by atoms with van der Waals surface area (Å²) >= 11 is 0. The van der Waals surface area contributed by atoms with Crippen LogP contribution in [0.1, 0.15) is 5.56 Å². The molecule has 0 aliphatic heterocycles. The summed E-state index contributed by atoms with van der Waals surface area (Å²) in [4.78, 5) is 0.0957. The summed E-state index contributed by atoms with van der Waals surface area (Å²) in [5.41, 5.74) is 0.697. The molecule has 0 aliphatic rings. The third-order valence-electron chi connectivity index (χ3n) is 3.57. The first-order valence-electron chi connectivity index (χ1n) is 7.28. The first-order chi connectivity index (χ1) is 11.6. The summed E-state index contributed by atoms with van der Waals surface area (Å²) in [7, 11) is -3.20. The maximum atomic E-state index is 12.5. The van der Waals surface area contributed by atoms with Crippen molar-refractivity contribution in [3.63, 3.8) is 0 Å². The van der Waals surface area contributed by atoms with E-state index in [4.69, 9.17) is 4.74 Å². The van der Waals surface area contributed by atoms with Crippen LogP contribution in [0.4, 0.5) is 5.69 Å². The lowest BCUT2D eigenvalue weighted by atomic mass is 10.2. The molecule has 7 nitrogen and oxygen atoms in total. The molecule has 0 saturated heterocycles. The molecule has 1 N–H and O–H groups in total. The average molecular weight is 384 g/mol. The van der Waals surface area contributed by atoms with E-state index in [1.54, 1.807) is 13.0 Å². The molecular formula is C16H20N2O5S2. The lowest BCUT2D eigenvalue weighted by Gasteiger charge is -2.15. The van der Waals surface area contributed by atoms with Crippen molar-refractivity contribution in [1.82, 2.24) is 4.31 Å². The molecule has 2 aromatic rings. The predicted octanol–water partition coefficient (Wildman–Crippen LogP) is 2.05. The molecule has 0 aromatic heterocycles. The van der Waals surface area contributed by atoms with Gasteiger partial charge in [0.1, 0.15) is 5.75 Å². The number of nitrogens with zero attached hydrogens (tertiary/aromatic N) is 1. The molecule has 0 unspecified atom stereocenters. The van der Waals surface area contributed by atoms with Crippen LogP contribution in [0.3, 0.4) is 0 Å². The molecule has 2 rings (SSSR count). The summed E-state index contributed by atoms with van der Waals surface area (Å²) in [6.45, 7) is 1.65. The van der Waals surface area contributed by atoms with Crippen LogP contribution in [-0.2, 0) is 20.0 Å². The van der Waals surface area contributed by atoms with Gasteiger partial charge in [0.15, 0.2) is 0 Å². The van der Waals surface area contributed by atoms with E-state index < -0.39 is 20.0 Å². The van der Waals surface area contributed by atoms with Gasteiger partial charge in [0.2, 0.25) is 10.0 Å². The molecule has 0 bridgehead atoms. The smallest absolute Gasteiger partial charge is 0.261 e. The Labute approximate surface area is 148 Å². The molecule has 9 heteroatoms. The summed E-state index contributed by atoms with van der Waals surface area (Å²) in [5, 5.41) is 0. The van der Waals surface area contributed by atoms with E-state index in [-0.39, 0.29) is 15.5 Å². The van der Waals surface area contributed by atoms with Crippen molar-refractivity contribution < 1.29 is 21.6 Å². The Morgan fingerprint density at radius 2 is 1.56 bits per heavy atom. The van der Waals surface area contributed by atoms with E-state index in [0.29, 0.717) is 11.3 Å². The zero-order chi connectivity index (χ0) is 18.8. The standard InChI is InChI=1S/C16H20N2O5S2/c1-12-5-6-13(11-16(12)25(21,22)18(2)3)17-24(19,20)15-9-7-14(23-4)8-10-15/h5-11,17H,1-4H3. The topological polar surface area (TPSA) is 92.8 Å². The third-order valence-corrected chi connectivity index (χ3v) is 6.92. The van der Waals surface area contributed by atoms with Gasteiger partial charge >= 0.3 is 0 Å². The van der Waals surface area contributed by atoms with E-state index in [0.717, 1.165) is 4.31 Å². The summed E-state index contributed by atoms with van der Waals surface area (Å²) in [6, 6.07) is 10.3. The predicted molar refractivity (Wildman–Crippen MR) is 95.9 cm³/mol. The van der Waals surface area contributed by atoms with Crippen molar-refractivity contribution in [3.8, 4) is 5.75 Å². The number of rotatable bonds is 6. The zero-order valence-corrected chi connectivity index (χ0v) is 16.0. The highest BCUT2D eigenvalue weighted by atomic mass is 32.2. The van der Waals surface area contributed by atoms with Gasteiger partial charge in [-0.2, -0.15) is 0 Å². The SMILES string of the molecule is COc1ccc(S(=O)(=O)Nc2ccc(C)c(S(=O)(=O)N(C)C)c2)cc1. The number of benzene rings is 2. The molecule has 0 spiro atoms. The van der Waals surface area contributed by atoms with Crippen LogP contribution in [0.15, 0.2) is 52.3 Å². The number of nitrogens with one attached hydrogen (secondary N) is 1. The van der Waals surface area contributed by atoms with E-state index in [1.807, 2.05) is 0 Å². The molecule has 0 saturated carbocycles. The number of sulfonamides is 2. The van der Waals surface area contributed by atoms with Gasteiger partial charge in [-0.05, 0) is 48.9 Å². The Hall–Kier alpha value is -2.10. The Bertz CT molecular complexity index is 966. The number of aryl methyl sites for hydroxylation is 1. The van der Waals surface area contributed by atoms with Crippen molar-refractivity contribution in [2.75, 3.05) is 25.9 Å². The fraction of sp³-hybridized carbons (Fsp3) is 0.250. The van der Waals surface area contributed by atoms with Gasteiger partial charge < -0.3 is 4.74 Å². The summed E-state index contributed by atoms with van der Waals surface area (Å²) < 4.78 is 58.1. The quantitative estimate of drug-likeness (QED) is 0.823. The largest absolute Gasteiger partial charge is 0.497 e. The highest BCUT2D eigenvalue weighted by Crippen LogP contribution is 2.25. The summed E-state index contributed by atoms with van der Waals surface area (Å²) in [5.74, 6) is 0.536. The second-order valence-electron chi connectivity index (χ2n) is 5.55. The maximum absolute atomic E-state index is 12.5. The van der Waals surface area contributed by atoms with Crippen LogP contribution in [-0.4, -0.2) is 42.3 Å². The lowest BCUT2D eigenvalue weighted by Crippen LogP contribution is -2.23. The Morgan fingerprint density at radius 1 is 0.960 bits per heavy atom. The average Bonchev–Trinajstić information content (AvgIpc) is 2.56. The molecule has 0 aliphatic carbocycles. The fourth-order valence-electron chi connectivity index (χ4n) is 2.11. The second kappa shape index (κ2) is 7.03. The minimum absolute atomic E-state index is 0.0471. The van der Waals surface area contributed by atoms with Crippen molar-refractivity contribution in [2.24, 2.45) is 0 Å². The van der Waals surface area contributed by atoms with Crippen molar-refractivity contribution in [3.05, 3.63) is 48.0 Å². The van der Waals surface area contributed by atoms with Crippen LogP contribution >= 0.6 is 0 Å². The molecule has 25 heavy (non-hydrogen) atoms. The van der Waals surface area contributed by atoms with E-state index >= 15 is 0 Å². The Morgan fingerprint density at radius 3 is 2.08 bits per heavy atom. The van der Waals surface area contributed by atoms with Gasteiger partial charge in [0.05, 0.1) is 22.6 Å². The Balaban J connectivity index is 2.40. The minimum Gasteiger partial charge on any atom is -0.497 e. The molecule has 0 radical (unpaired) electrons.